The van der Waals surface area contributed by atoms with Crippen LogP contribution in [-0.4, -0.2) is 13.6 Å². The van der Waals surface area contributed by atoms with E-state index in [1.807, 2.05) is 7.05 Å². The van der Waals surface area contributed by atoms with Gasteiger partial charge in [0.2, 0.25) is 0 Å². The number of allylic oxidation sites excluding steroid dienone is 6. The maximum absolute atomic E-state index is 3.20. The van der Waals surface area contributed by atoms with Crippen molar-refractivity contribution in [2.24, 2.45) is 0 Å². The summed E-state index contributed by atoms with van der Waals surface area (Å²) in [4.78, 5) is 0. The normalized spacial score (nSPS) is 12.3. The minimum absolute atomic E-state index is 1.17. The summed E-state index contributed by atoms with van der Waals surface area (Å²) in [6, 6.07) is 0. The topological polar surface area (TPSA) is 12.0 Å². The third-order valence-electron chi connectivity index (χ3n) is 3.38. The Balaban J connectivity index is 3.23. The molecule has 0 rings (SSSR count). The first kappa shape index (κ1) is 19.2. The van der Waals surface area contributed by atoms with Crippen molar-refractivity contribution in [2.75, 3.05) is 13.6 Å². The molecular formula is C19H35N. The molecular weight excluding hydrogens is 242 g/mol. The molecule has 0 aliphatic rings. The molecule has 0 atom stereocenters. The van der Waals surface area contributed by atoms with Crippen LogP contribution in [0.15, 0.2) is 36.5 Å². The maximum atomic E-state index is 3.20. The predicted molar refractivity (Wildman–Crippen MR) is 93.2 cm³/mol. The minimum Gasteiger partial charge on any atom is -0.320 e. The molecule has 0 bridgehead atoms. The van der Waals surface area contributed by atoms with Gasteiger partial charge in [0.05, 0.1) is 0 Å². The van der Waals surface area contributed by atoms with Gasteiger partial charge >= 0.3 is 0 Å². The molecule has 0 aliphatic carbocycles. The summed E-state index contributed by atoms with van der Waals surface area (Å²) in [6.07, 6.45) is 26.4. The number of hydrogen-bond donors (Lipinski definition) is 1. The van der Waals surface area contributed by atoms with Gasteiger partial charge in [0.25, 0.3) is 0 Å². The molecule has 1 heteroatoms. The summed E-state index contributed by atoms with van der Waals surface area (Å²) in [5, 5.41) is 3.20. The van der Waals surface area contributed by atoms with Gasteiger partial charge in [-0.1, -0.05) is 81.9 Å². The summed E-state index contributed by atoms with van der Waals surface area (Å²) >= 11 is 0. The van der Waals surface area contributed by atoms with E-state index in [1.54, 1.807) is 0 Å². The van der Waals surface area contributed by atoms with Crippen LogP contribution in [0.3, 0.4) is 0 Å². The molecule has 0 aliphatic heterocycles. The fourth-order valence-electron chi connectivity index (χ4n) is 2.07. The van der Waals surface area contributed by atoms with Crippen molar-refractivity contribution in [3.8, 4) is 0 Å². The average molecular weight is 277 g/mol. The van der Waals surface area contributed by atoms with Gasteiger partial charge in [0.1, 0.15) is 0 Å². The highest BCUT2D eigenvalue weighted by Gasteiger charge is 1.89. The van der Waals surface area contributed by atoms with Crippen LogP contribution in [0.1, 0.15) is 71.1 Å². The van der Waals surface area contributed by atoms with E-state index < -0.39 is 0 Å². The van der Waals surface area contributed by atoms with Gasteiger partial charge in [0.15, 0.2) is 0 Å². The van der Waals surface area contributed by atoms with Crippen LogP contribution in [0.5, 0.6) is 0 Å². The number of hydrogen-bond acceptors (Lipinski definition) is 1. The van der Waals surface area contributed by atoms with Gasteiger partial charge < -0.3 is 5.32 Å². The smallest absolute Gasteiger partial charge is 0.00519 e. The third kappa shape index (κ3) is 17.2. The van der Waals surface area contributed by atoms with Gasteiger partial charge in [0, 0.05) is 0 Å². The standard InChI is InChI=1S/C19H35N/c1-3-4-5-6-7-8-9-10-11-12-13-14-15-16-17-18-19-20-2/h6-11,20H,3-5,12-19H2,1-2H3/b7-6+,9-8+,11-10-. The highest BCUT2D eigenvalue weighted by Crippen LogP contribution is 2.07. The average Bonchev–Trinajstić information content (AvgIpc) is 2.47. The molecule has 0 aromatic heterocycles. The zero-order valence-electron chi connectivity index (χ0n) is 13.7. The fourth-order valence-corrected chi connectivity index (χ4v) is 2.07. The van der Waals surface area contributed by atoms with Crippen molar-refractivity contribution < 1.29 is 0 Å². The Labute approximate surface area is 127 Å². The van der Waals surface area contributed by atoms with Crippen LogP contribution < -0.4 is 5.32 Å². The molecule has 0 aromatic rings. The molecule has 0 unspecified atom stereocenters. The zero-order chi connectivity index (χ0) is 14.7. The molecule has 0 saturated heterocycles. The van der Waals surface area contributed by atoms with E-state index in [-0.39, 0.29) is 0 Å². The molecule has 0 radical (unpaired) electrons. The second-order valence-electron chi connectivity index (χ2n) is 5.40. The van der Waals surface area contributed by atoms with Crippen molar-refractivity contribution >= 4 is 0 Å². The summed E-state index contributed by atoms with van der Waals surface area (Å²) in [6.45, 7) is 3.40. The van der Waals surface area contributed by atoms with Gasteiger partial charge in [-0.15, -0.1) is 0 Å². The Bertz CT molecular complexity index is 250. The Morgan fingerprint density at radius 2 is 1.20 bits per heavy atom. The molecule has 0 spiro atoms. The summed E-state index contributed by atoms with van der Waals surface area (Å²) in [5.74, 6) is 0. The van der Waals surface area contributed by atoms with Crippen molar-refractivity contribution in [3.63, 3.8) is 0 Å². The van der Waals surface area contributed by atoms with Crippen LogP contribution in [0.25, 0.3) is 0 Å². The highest BCUT2D eigenvalue weighted by molar-refractivity contribution is 5.10. The lowest BCUT2D eigenvalue weighted by molar-refractivity contribution is 0.584. The zero-order valence-corrected chi connectivity index (χ0v) is 13.7. The molecule has 20 heavy (non-hydrogen) atoms. The molecule has 0 heterocycles. The molecule has 1 nitrogen and oxygen atoms in total. The lowest BCUT2D eigenvalue weighted by atomic mass is 10.1. The van der Waals surface area contributed by atoms with Crippen molar-refractivity contribution in [1.29, 1.82) is 0 Å². The predicted octanol–water partition coefficient (Wildman–Crippen LogP) is 5.80. The van der Waals surface area contributed by atoms with Crippen LogP contribution in [-0.2, 0) is 0 Å². The summed E-state index contributed by atoms with van der Waals surface area (Å²) < 4.78 is 0. The Kier molecular flexibility index (Phi) is 17.4. The second-order valence-corrected chi connectivity index (χ2v) is 5.40. The molecule has 0 amide bonds. The van der Waals surface area contributed by atoms with E-state index in [0.717, 1.165) is 0 Å². The van der Waals surface area contributed by atoms with Crippen molar-refractivity contribution in [3.05, 3.63) is 36.5 Å². The van der Waals surface area contributed by atoms with Crippen LogP contribution >= 0.6 is 0 Å². The summed E-state index contributed by atoms with van der Waals surface area (Å²) in [5.41, 5.74) is 0. The third-order valence-corrected chi connectivity index (χ3v) is 3.38. The van der Waals surface area contributed by atoms with Crippen molar-refractivity contribution in [1.82, 2.24) is 5.32 Å². The second kappa shape index (κ2) is 18.2. The van der Waals surface area contributed by atoms with Gasteiger partial charge in [-0.05, 0) is 39.3 Å². The van der Waals surface area contributed by atoms with E-state index in [0.29, 0.717) is 0 Å². The van der Waals surface area contributed by atoms with Gasteiger partial charge in [-0.25, -0.2) is 0 Å². The number of nitrogens with one attached hydrogen (secondary N) is 1. The van der Waals surface area contributed by atoms with Gasteiger partial charge in [-0.2, -0.15) is 0 Å². The van der Waals surface area contributed by atoms with Crippen LogP contribution in [0, 0.1) is 0 Å². The quantitative estimate of drug-likeness (QED) is 0.313. The van der Waals surface area contributed by atoms with E-state index in [4.69, 9.17) is 0 Å². The Morgan fingerprint density at radius 1 is 0.650 bits per heavy atom. The maximum Gasteiger partial charge on any atom is -0.00519 e. The molecule has 0 aromatic carbocycles. The van der Waals surface area contributed by atoms with E-state index >= 15 is 0 Å². The SMILES string of the molecule is CCCC/C=C/C=C/C=C\CCCCCCCCNC. The molecule has 0 fully saturated rings. The highest BCUT2D eigenvalue weighted by atomic mass is 14.8. The van der Waals surface area contributed by atoms with Crippen LogP contribution in [0.4, 0.5) is 0 Å². The minimum atomic E-state index is 1.17. The first-order valence-electron chi connectivity index (χ1n) is 8.54. The van der Waals surface area contributed by atoms with E-state index in [2.05, 4.69) is 48.7 Å². The van der Waals surface area contributed by atoms with Crippen LogP contribution in [0.2, 0.25) is 0 Å². The van der Waals surface area contributed by atoms with Gasteiger partial charge in [-0.3, -0.25) is 0 Å². The number of rotatable bonds is 14. The largest absolute Gasteiger partial charge is 0.320 e. The lowest BCUT2D eigenvalue weighted by Gasteiger charge is -2.00. The Morgan fingerprint density at radius 3 is 1.80 bits per heavy atom. The van der Waals surface area contributed by atoms with E-state index in [9.17, 15) is 0 Å². The first-order chi connectivity index (χ1) is 9.91. The lowest BCUT2D eigenvalue weighted by Crippen LogP contribution is -2.06. The monoisotopic (exact) mass is 277 g/mol. The molecule has 116 valence electrons. The Hall–Kier alpha value is -0.820. The first-order valence-corrected chi connectivity index (χ1v) is 8.54. The van der Waals surface area contributed by atoms with Crippen molar-refractivity contribution in [2.45, 2.75) is 71.1 Å². The number of unbranched alkanes of at least 4 members (excludes halogenated alkanes) is 8. The molecule has 0 saturated carbocycles. The van der Waals surface area contributed by atoms with E-state index in [1.165, 1.54) is 70.8 Å². The fraction of sp³-hybridized carbons (Fsp3) is 0.684. The molecule has 1 N–H and O–H groups in total. The summed E-state index contributed by atoms with van der Waals surface area (Å²) in [7, 11) is 2.03.